The fourth-order valence-electron chi connectivity index (χ4n) is 1.64. The molecule has 0 saturated carbocycles. The highest BCUT2D eigenvalue weighted by molar-refractivity contribution is 7.09. The Morgan fingerprint density at radius 1 is 1.26 bits per heavy atom. The number of benzene rings is 1. The lowest BCUT2D eigenvalue weighted by molar-refractivity contribution is 0.302. The van der Waals surface area contributed by atoms with Gasteiger partial charge in [0.2, 0.25) is 0 Å². The van der Waals surface area contributed by atoms with Crippen molar-refractivity contribution in [3.05, 3.63) is 46.4 Å². The molecule has 1 aromatic heterocycles. The Balaban J connectivity index is 1.77. The smallest absolute Gasteiger partial charge is 0.131 e. The van der Waals surface area contributed by atoms with Gasteiger partial charge in [-0.1, -0.05) is 32.0 Å². The van der Waals surface area contributed by atoms with Crippen molar-refractivity contribution < 1.29 is 4.74 Å². The van der Waals surface area contributed by atoms with Crippen molar-refractivity contribution in [1.82, 2.24) is 10.3 Å². The van der Waals surface area contributed by atoms with Gasteiger partial charge >= 0.3 is 0 Å². The van der Waals surface area contributed by atoms with Crippen LogP contribution in [0.3, 0.4) is 0 Å². The summed E-state index contributed by atoms with van der Waals surface area (Å²) in [6.07, 6.45) is 0. The molecular formula is C15H20N2OS. The number of hydrogen-bond acceptors (Lipinski definition) is 4. The van der Waals surface area contributed by atoms with E-state index in [4.69, 9.17) is 4.74 Å². The monoisotopic (exact) mass is 276 g/mol. The molecule has 0 spiro atoms. The number of hydrogen-bond donors (Lipinski definition) is 1. The van der Waals surface area contributed by atoms with E-state index in [0.29, 0.717) is 12.5 Å². The molecule has 1 heterocycles. The van der Waals surface area contributed by atoms with Crippen molar-refractivity contribution in [3.8, 4) is 5.75 Å². The summed E-state index contributed by atoms with van der Waals surface area (Å²) in [5.74, 6) is 1.55. The lowest BCUT2D eigenvalue weighted by atomic mass is 10.2. The molecule has 1 aromatic carbocycles. The summed E-state index contributed by atoms with van der Waals surface area (Å²) in [4.78, 5) is 4.55. The summed E-state index contributed by atoms with van der Waals surface area (Å²) in [5.41, 5.74) is 0.996. The summed E-state index contributed by atoms with van der Waals surface area (Å²) in [5, 5.41) is 6.58. The van der Waals surface area contributed by atoms with E-state index in [1.807, 2.05) is 30.3 Å². The topological polar surface area (TPSA) is 34.2 Å². The predicted molar refractivity (Wildman–Crippen MR) is 79.4 cm³/mol. The van der Waals surface area contributed by atoms with Crippen molar-refractivity contribution in [2.75, 3.05) is 6.54 Å². The standard InChI is InChI=1S/C15H20N2OS/c1-12(2)8-16-9-15-17-13(11-19-15)10-18-14-6-4-3-5-7-14/h3-7,11-12,16H,8-10H2,1-2H3. The molecule has 0 radical (unpaired) electrons. The second kappa shape index (κ2) is 7.26. The Labute approximate surface area is 118 Å². The Kier molecular flexibility index (Phi) is 5.36. The largest absolute Gasteiger partial charge is 0.487 e. The Morgan fingerprint density at radius 3 is 2.79 bits per heavy atom. The number of nitrogens with zero attached hydrogens (tertiary/aromatic N) is 1. The summed E-state index contributed by atoms with van der Waals surface area (Å²) in [7, 11) is 0. The Morgan fingerprint density at radius 2 is 2.05 bits per heavy atom. The minimum atomic E-state index is 0.532. The van der Waals surface area contributed by atoms with Crippen LogP contribution in [0.15, 0.2) is 35.7 Å². The molecule has 2 rings (SSSR count). The van der Waals surface area contributed by atoms with E-state index >= 15 is 0 Å². The van der Waals surface area contributed by atoms with Gasteiger partial charge in [0.25, 0.3) is 0 Å². The summed E-state index contributed by atoms with van der Waals surface area (Å²) in [6.45, 7) is 6.80. The second-order valence-electron chi connectivity index (χ2n) is 4.86. The molecule has 3 nitrogen and oxygen atoms in total. The van der Waals surface area contributed by atoms with E-state index in [1.165, 1.54) is 0 Å². The SMILES string of the molecule is CC(C)CNCc1nc(COc2ccccc2)cs1. The molecule has 102 valence electrons. The van der Waals surface area contributed by atoms with E-state index in [9.17, 15) is 0 Å². The van der Waals surface area contributed by atoms with Crippen molar-refractivity contribution in [3.63, 3.8) is 0 Å². The molecule has 1 N–H and O–H groups in total. The van der Waals surface area contributed by atoms with Gasteiger partial charge < -0.3 is 10.1 Å². The van der Waals surface area contributed by atoms with Gasteiger partial charge in [0.05, 0.1) is 5.69 Å². The number of ether oxygens (including phenoxy) is 1. The van der Waals surface area contributed by atoms with Gasteiger partial charge in [0.1, 0.15) is 17.4 Å². The molecular weight excluding hydrogens is 256 g/mol. The minimum Gasteiger partial charge on any atom is -0.487 e. The van der Waals surface area contributed by atoms with Gasteiger partial charge in [0, 0.05) is 11.9 Å². The number of aromatic nitrogens is 1. The molecule has 0 atom stereocenters. The predicted octanol–water partition coefficient (Wildman–Crippen LogP) is 3.47. The molecule has 0 bridgehead atoms. The van der Waals surface area contributed by atoms with Gasteiger partial charge in [0.15, 0.2) is 0 Å². The van der Waals surface area contributed by atoms with Gasteiger partial charge in [-0.25, -0.2) is 4.98 Å². The second-order valence-corrected chi connectivity index (χ2v) is 5.80. The average Bonchev–Trinajstić information content (AvgIpc) is 2.85. The maximum Gasteiger partial charge on any atom is 0.131 e. The first-order valence-corrected chi connectivity index (χ1v) is 7.44. The van der Waals surface area contributed by atoms with Gasteiger partial charge in [-0.3, -0.25) is 0 Å². The van der Waals surface area contributed by atoms with E-state index in [2.05, 4.69) is 29.5 Å². The van der Waals surface area contributed by atoms with Crippen molar-refractivity contribution in [2.24, 2.45) is 5.92 Å². The highest BCUT2D eigenvalue weighted by Gasteiger charge is 2.03. The molecule has 0 saturated heterocycles. The van der Waals surface area contributed by atoms with Crippen molar-refractivity contribution >= 4 is 11.3 Å². The van der Waals surface area contributed by atoms with Crippen LogP contribution >= 0.6 is 11.3 Å². The molecule has 0 unspecified atom stereocenters. The minimum absolute atomic E-state index is 0.532. The number of para-hydroxylation sites is 1. The van der Waals surface area contributed by atoms with E-state index in [0.717, 1.165) is 29.5 Å². The summed E-state index contributed by atoms with van der Waals surface area (Å²) in [6, 6.07) is 9.83. The Hall–Kier alpha value is -1.39. The zero-order valence-corrected chi connectivity index (χ0v) is 12.2. The van der Waals surface area contributed by atoms with Crippen molar-refractivity contribution in [2.45, 2.75) is 27.0 Å². The van der Waals surface area contributed by atoms with Crippen LogP contribution in [-0.2, 0) is 13.2 Å². The zero-order valence-electron chi connectivity index (χ0n) is 11.4. The molecule has 4 heteroatoms. The van der Waals surface area contributed by atoms with Crippen LogP contribution in [0.4, 0.5) is 0 Å². The summed E-state index contributed by atoms with van der Waals surface area (Å²) < 4.78 is 5.67. The third-order valence-corrected chi connectivity index (χ3v) is 3.46. The van der Waals surface area contributed by atoms with Crippen LogP contribution in [0.5, 0.6) is 5.75 Å². The quantitative estimate of drug-likeness (QED) is 0.841. The molecule has 19 heavy (non-hydrogen) atoms. The fourth-order valence-corrected chi connectivity index (χ4v) is 2.39. The number of rotatable bonds is 7. The third kappa shape index (κ3) is 5.01. The summed E-state index contributed by atoms with van der Waals surface area (Å²) >= 11 is 1.68. The maximum absolute atomic E-state index is 5.67. The number of thiazole rings is 1. The maximum atomic E-state index is 5.67. The molecule has 2 aromatic rings. The first-order valence-electron chi connectivity index (χ1n) is 6.56. The van der Waals surface area contributed by atoms with Crippen LogP contribution < -0.4 is 10.1 Å². The lowest BCUT2D eigenvalue weighted by Gasteiger charge is -2.05. The highest BCUT2D eigenvalue weighted by atomic mass is 32.1. The van der Waals surface area contributed by atoms with Crippen LogP contribution in [-0.4, -0.2) is 11.5 Å². The van der Waals surface area contributed by atoms with Gasteiger partial charge in [-0.05, 0) is 24.6 Å². The molecule has 0 amide bonds. The molecule has 0 aliphatic rings. The van der Waals surface area contributed by atoms with E-state index in [-0.39, 0.29) is 0 Å². The zero-order chi connectivity index (χ0) is 13.5. The highest BCUT2D eigenvalue weighted by Crippen LogP contribution is 2.14. The van der Waals surface area contributed by atoms with E-state index in [1.54, 1.807) is 11.3 Å². The van der Waals surface area contributed by atoms with Gasteiger partial charge in [-0.2, -0.15) is 0 Å². The van der Waals surface area contributed by atoms with Crippen LogP contribution in [0.1, 0.15) is 24.5 Å². The van der Waals surface area contributed by atoms with E-state index < -0.39 is 0 Å². The van der Waals surface area contributed by atoms with Gasteiger partial charge in [-0.15, -0.1) is 11.3 Å². The van der Waals surface area contributed by atoms with Crippen LogP contribution in [0, 0.1) is 5.92 Å². The molecule has 0 fully saturated rings. The van der Waals surface area contributed by atoms with Crippen LogP contribution in [0.25, 0.3) is 0 Å². The third-order valence-electron chi connectivity index (χ3n) is 2.56. The lowest BCUT2D eigenvalue weighted by Crippen LogP contribution is -2.18. The fraction of sp³-hybridized carbons (Fsp3) is 0.400. The first-order chi connectivity index (χ1) is 9.24. The first kappa shape index (κ1) is 14.0. The van der Waals surface area contributed by atoms with Crippen molar-refractivity contribution in [1.29, 1.82) is 0 Å². The number of nitrogens with one attached hydrogen (secondary N) is 1. The Bertz CT molecular complexity index is 482. The molecule has 0 aliphatic carbocycles. The molecule has 0 aliphatic heterocycles. The average molecular weight is 276 g/mol. The normalized spacial score (nSPS) is 10.9. The van der Waals surface area contributed by atoms with Crippen LogP contribution in [0.2, 0.25) is 0 Å².